The Bertz CT molecular complexity index is 814. The molecule has 28 heavy (non-hydrogen) atoms. The number of ether oxygens (including phenoxy) is 1. The fourth-order valence-electron chi connectivity index (χ4n) is 2.03. The maximum Gasteiger partial charge on any atom is 0.269 e. The van der Waals surface area contributed by atoms with Crippen LogP contribution >= 0.6 is 12.2 Å². The van der Waals surface area contributed by atoms with Gasteiger partial charge in [-0.25, -0.2) is 0 Å². The summed E-state index contributed by atoms with van der Waals surface area (Å²) in [6.45, 7) is 4.89. The largest absolute Gasteiger partial charge is 0.494 e. The fourth-order valence-corrected chi connectivity index (χ4v) is 2.18. The van der Waals surface area contributed by atoms with E-state index in [1.54, 1.807) is 36.4 Å². The standard InChI is InChI=1S/C20H23N3O4S/c1-14(2)11-13-27-17-7-5-15(6-8-17)19(25)22-23-20(28)21-18(24)10-9-16-4-3-12-26-16/h3-10,12,14H,11,13H2,1-2H3,(H,22,25)(H2,21,23,24,28)/b10-9+. The first-order chi connectivity index (χ1) is 13.4. The number of benzene rings is 1. The molecule has 0 saturated heterocycles. The molecule has 2 aromatic rings. The first kappa shape index (κ1) is 21.2. The van der Waals surface area contributed by atoms with Gasteiger partial charge in [-0.15, -0.1) is 0 Å². The Hall–Kier alpha value is -3.13. The van der Waals surface area contributed by atoms with E-state index in [0.717, 1.165) is 6.42 Å². The molecule has 1 heterocycles. The van der Waals surface area contributed by atoms with E-state index in [1.165, 1.54) is 18.4 Å². The molecular formula is C20H23N3O4S. The molecular weight excluding hydrogens is 378 g/mol. The molecule has 0 aliphatic heterocycles. The zero-order chi connectivity index (χ0) is 20.4. The van der Waals surface area contributed by atoms with Crippen molar-refractivity contribution >= 4 is 35.2 Å². The van der Waals surface area contributed by atoms with Crippen LogP contribution in [0.1, 0.15) is 36.4 Å². The predicted octanol–water partition coefficient (Wildman–Crippen LogP) is 3.05. The third kappa shape index (κ3) is 7.63. The van der Waals surface area contributed by atoms with Crippen LogP contribution in [0.3, 0.4) is 0 Å². The van der Waals surface area contributed by atoms with E-state index in [9.17, 15) is 9.59 Å². The number of furan rings is 1. The van der Waals surface area contributed by atoms with Crippen LogP contribution in [0.4, 0.5) is 0 Å². The highest BCUT2D eigenvalue weighted by molar-refractivity contribution is 7.80. The molecule has 8 heteroatoms. The molecule has 3 N–H and O–H groups in total. The molecule has 2 rings (SSSR count). The highest BCUT2D eigenvalue weighted by Gasteiger charge is 2.07. The van der Waals surface area contributed by atoms with Gasteiger partial charge >= 0.3 is 0 Å². The summed E-state index contributed by atoms with van der Waals surface area (Å²) in [4.78, 5) is 23.9. The van der Waals surface area contributed by atoms with Gasteiger partial charge in [0.1, 0.15) is 11.5 Å². The van der Waals surface area contributed by atoms with Crippen LogP contribution in [0.2, 0.25) is 0 Å². The summed E-state index contributed by atoms with van der Waals surface area (Å²) in [7, 11) is 0. The number of carbonyl (C=O) groups is 2. The van der Waals surface area contributed by atoms with Crippen molar-refractivity contribution in [3.05, 3.63) is 60.1 Å². The van der Waals surface area contributed by atoms with Crippen molar-refractivity contribution in [2.45, 2.75) is 20.3 Å². The molecule has 0 unspecified atom stereocenters. The van der Waals surface area contributed by atoms with E-state index >= 15 is 0 Å². The average molecular weight is 401 g/mol. The highest BCUT2D eigenvalue weighted by atomic mass is 32.1. The van der Waals surface area contributed by atoms with E-state index in [2.05, 4.69) is 30.0 Å². The first-order valence-corrected chi connectivity index (χ1v) is 9.20. The summed E-state index contributed by atoms with van der Waals surface area (Å²) in [5, 5.41) is 2.38. The van der Waals surface area contributed by atoms with Gasteiger partial charge in [0.05, 0.1) is 12.9 Å². The van der Waals surface area contributed by atoms with Gasteiger partial charge in [-0.1, -0.05) is 13.8 Å². The summed E-state index contributed by atoms with van der Waals surface area (Å²) < 4.78 is 10.7. The molecule has 0 aliphatic rings. The van der Waals surface area contributed by atoms with Crippen LogP contribution in [-0.2, 0) is 4.79 Å². The van der Waals surface area contributed by atoms with Gasteiger partial charge in [-0.05, 0) is 67.0 Å². The number of hydrogen-bond acceptors (Lipinski definition) is 5. The van der Waals surface area contributed by atoms with Gasteiger partial charge in [0, 0.05) is 11.6 Å². The molecule has 0 saturated carbocycles. The minimum absolute atomic E-state index is 0.0314. The number of hydrogen-bond donors (Lipinski definition) is 3. The van der Waals surface area contributed by atoms with Crippen LogP contribution < -0.4 is 20.9 Å². The summed E-state index contributed by atoms with van der Waals surface area (Å²) in [5.74, 6) is 0.971. The van der Waals surface area contributed by atoms with Crippen LogP contribution in [0.25, 0.3) is 6.08 Å². The number of amides is 2. The zero-order valence-electron chi connectivity index (χ0n) is 15.7. The van der Waals surface area contributed by atoms with E-state index in [1.807, 2.05) is 0 Å². The number of hydrazine groups is 1. The molecule has 0 aliphatic carbocycles. The lowest BCUT2D eigenvalue weighted by atomic mass is 10.1. The normalized spacial score (nSPS) is 10.7. The molecule has 1 aromatic carbocycles. The van der Waals surface area contributed by atoms with Crippen molar-refractivity contribution in [1.29, 1.82) is 0 Å². The number of nitrogens with one attached hydrogen (secondary N) is 3. The highest BCUT2D eigenvalue weighted by Crippen LogP contribution is 2.13. The van der Waals surface area contributed by atoms with Gasteiger partial charge in [0.2, 0.25) is 5.91 Å². The molecule has 0 radical (unpaired) electrons. The Morgan fingerprint density at radius 2 is 1.93 bits per heavy atom. The van der Waals surface area contributed by atoms with E-state index < -0.39 is 11.8 Å². The lowest BCUT2D eigenvalue weighted by Crippen LogP contribution is -2.48. The maximum atomic E-state index is 12.1. The second-order valence-electron chi connectivity index (χ2n) is 6.30. The van der Waals surface area contributed by atoms with Gasteiger partial charge in [-0.3, -0.25) is 25.8 Å². The monoisotopic (exact) mass is 401 g/mol. The van der Waals surface area contributed by atoms with Gasteiger partial charge in [0.25, 0.3) is 5.91 Å². The van der Waals surface area contributed by atoms with Gasteiger partial charge in [0.15, 0.2) is 5.11 Å². The van der Waals surface area contributed by atoms with E-state index in [0.29, 0.717) is 29.6 Å². The van der Waals surface area contributed by atoms with Crippen molar-refractivity contribution in [2.75, 3.05) is 6.61 Å². The van der Waals surface area contributed by atoms with Crippen molar-refractivity contribution < 1.29 is 18.7 Å². The Morgan fingerprint density at radius 1 is 1.18 bits per heavy atom. The number of thiocarbonyl (C=S) groups is 1. The molecule has 2 amide bonds. The van der Waals surface area contributed by atoms with Crippen molar-refractivity contribution in [3.63, 3.8) is 0 Å². The Morgan fingerprint density at radius 3 is 2.57 bits per heavy atom. The van der Waals surface area contributed by atoms with Crippen molar-refractivity contribution in [2.24, 2.45) is 5.92 Å². The van der Waals surface area contributed by atoms with Crippen molar-refractivity contribution in [3.8, 4) is 5.75 Å². The van der Waals surface area contributed by atoms with E-state index in [4.69, 9.17) is 21.4 Å². The van der Waals surface area contributed by atoms with Crippen LogP contribution in [0.5, 0.6) is 5.75 Å². The quantitative estimate of drug-likeness (QED) is 0.375. The number of rotatable bonds is 7. The molecule has 0 bridgehead atoms. The molecule has 0 fully saturated rings. The molecule has 0 spiro atoms. The lowest BCUT2D eigenvalue weighted by molar-refractivity contribution is -0.115. The second-order valence-corrected chi connectivity index (χ2v) is 6.71. The second kappa shape index (κ2) is 10.9. The Kier molecular flexibility index (Phi) is 8.23. The van der Waals surface area contributed by atoms with Crippen LogP contribution in [0.15, 0.2) is 53.2 Å². The molecule has 7 nitrogen and oxygen atoms in total. The molecule has 1 aromatic heterocycles. The van der Waals surface area contributed by atoms with Crippen molar-refractivity contribution in [1.82, 2.24) is 16.2 Å². The Balaban J connectivity index is 1.73. The summed E-state index contributed by atoms with van der Waals surface area (Å²) in [6, 6.07) is 10.2. The predicted molar refractivity (Wildman–Crippen MR) is 110 cm³/mol. The minimum Gasteiger partial charge on any atom is -0.494 e. The Labute approximate surface area is 169 Å². The minimum atomic E-state index is -0.453. The van der Waals surface area contributed by atoms with Crippen LogP contribution in [-0.4, -0.2) is 23.5 Å². The molecule has 148 valence electrons. The van der Waals surface area contributed by atoms with E-state index in [-0.39, 0.29) is 5.11 Å². The first-order valence-electron chi connectivity index (χ1n) is 8.80. The third-order valence-electron chi connectivity index (χ3n) is 3.55. The SMILES string of the molecule is CC(C)CCOc1ccc(C(=O)NNC(=S)NC(=O)/C=C/c2ccco2)cc1. The third-order valence-corrected chi connectivity index (χ3v) is 3.75. The molecule has 0 atom stereocenters. The lowest BCUT2D eigenvalue weighted by Gasteiger charge is -2.11. The summed E-state index contributed by atoms with van der Waals surface area (Å²) in [5.41, 5.74) is 5.33. The summed E-state index contributed by atoms with van der Waals surface area (Å²) >= 11 is 4.97. The van der Waals surface area contributed by atoms with Crippen LogP contribution in [0, 0.1) is 5.92 Å². The topological polar surface area (TPSA) is 92.6 Å². The zero-order valence-corrected chi connectivity index (χ0v) is 16.5. The maximum absolute atomic E-state index is 12.1. The number of carbonyl (C=O) groups excluding carboxylic acids is 2. The van der Waals surface area contributed by atoms with Gasteiger partial charge < -0.3 is 9.15 Å². The smallest absolute Gasteiger partial charge is 0.269 e. The summed E-state index contributed by atoms with van der Waals surface area (Å²) in [6.07, 6.45) is 5.24. The average Bonchev–Trinajstić information content (AvgIpc) is 3.18. The van der Waals surface area contributed by atoms with Gasteiger partial charge in [-0.2, -0.15) is 0 Å². The fraction of sp³-hybridized carbons (Fsp3) is 0.250.